The molecule has 0 spiro atoms. The Bertz CT molecular complexity index is 435. The smallest absolute Gasteiger partial charge is 0.168 e. The van der Waals surface area contributed by atoms with Gasteiger partial charge in [-0.3, -0.25) is 4.79 Å². The summed E-state index contributed by atoms with van der Waals surface area (Å²) in [6, 6.07) is 4.24. The topological polar surface area (TPSA) is 43.1 Å². The van der Waals surface area contributed by atoms with Gasteiger partial charge in [-0.1, -0.05) is 18.0 Å². The van der Waals surface area contributed by atoms with Crippen molar-refractivity contribution < 1.29 is 9.18 Å². The molecule has 0 heterocycles. The van der Waals surface area contributed by atoms with Gasteiger partial charge in [0.15, 0.2) is 5.78 Å². The van der Waals surface area contributed by atoms with Crippen LogP contribution in [-0.4, -0.2) is 11.8 Å². The molecular weight excluding hydrogens is 241 g/mol. The van der Waals surface area contributed by atoms with Crippen LogP contribution in [0.4, 0.5) is 4.39 Å². The summed E-state index contributed by atoms with van der Waals surface area (Å²) >= 11 is 5.66. The summed E-state index contributed by atoms with van der Waals surface area (Å²) in [6.07, 6.45) is 3.34. The predicted molar refractivity (Wildman–Crippen MR) is 65.7 cm³/mol. The fourth-order valence-electron chi connectivity index (χ4n) is 2.37. The van der Waals surface area contributed by atoms with Crippen molar-refractivity contribution in [1.82, 2.24) is 0 Å². The number of hydrogen-bond donors (Lipinski definition) is 1. The Morgan fingerprint density at radius 2 is 2.18 bits per heavy atom. The van der Waals surface area contributed by atoms with E-state index in [-0.39, 0.29) is 23.3 Å². The van der Waals surface area contributed by atoms with Crippen LogP contribution in [0, 0.1) is 11.7 Å². The number of nitrogens with two attached hydrogens (primary N) is 1. The molecule has 0 aliphatic heterocycles. The van der Waals surface area contributed by atoms with Crippen LogP contribution in [-0.2, 0) is 0 Å². The largest absolute Gasteiger partial charge is 0.328 e. The minimum atomic E-state index is -0.540. The molecule has 1 fully saturated rings. The second-order valence-electron chi connectivity index (χ2n) is 4.61. The molecule has 1 aromatic rings. The van der Waals surface area contributed by atoms with Crippen molar-refractivity contribution in [2.75, 3.05) is 0 Å². The third-order valence-electron chi connectivity index (χ3n) is 3.28. The maximum absolute atomic E-state index is 13.6. The molecule has 92 valence electrons. The number of carbonyl (C=O) groups excluding carboxylic acids is 1. The standard InChI is InChI=1S/C13H15ClFNO/c14-9-4-5-11(12(15)7-9)13(17)8-2-1-3-10(16)6-8/h4-5,7-8,10H,1-3,6,16H2. The third kappa shape index (κ3) is 2.85. The summed E-state index contributed by atoms with van der Waals surface area (Å²) < 4.78 is 13.6. The van der Waals surface area contributed by atoms with Crippen LogP contribution in [0.2, 0.25) is 5.02 Å². The van der Waals surface area contributed by atoms with E-state index in [2.05, 4.69) is 0 Å². The summed E-state index contributed by atoms with van der Waals surface area (Å²) in [5, 5.41) is 0.305. The van der Waals surface area contributed by atoms with Gasteiger partial charge >= 0.3 is 0 Å². The van der Waals surface area contributed by atoms with E-state index < -0.39 is 5.82 Å². The number of benzene rings is 1. The van der Waals surface area contributed by atoms with Gasteiger partial charge < -0.3 is 5.73 Å². The fourth-order valence-corrected chi connectivity index (χ4v) is 2.53. The van der Waals surface area contributed by atoms with E-state index in [9.17, 15) is 9.18 Å². The van der Waals surface area contributed by atoms with Crippen molar-refractivity contribution in [3.63, 3.8) is 0 Å². The molecular formula is C13H15ClFNO. The monoisotopic (exact) mass is 255 g/mol. The molecule has 2 atom stereocenters. The Morgan fingerprint density at radius 3 is 2.82 bits per heavy atom. The van der Waals surface area contributed by atoms with E-state index in [1.165, 1.54) is 12.1 Å². The van der Waals surface area contributed by atoms with Crippen molar-refractivity contribution in [3.05, 3.63) is 34.6 Å². The lowest BCUT2D eigenvalue weighted by atomic mass is 9.81. The molecule has 17 heavy (non-hydrogen) atoms. The number of carbonyl (C=O) groups is 1. The molecule has 0 radical (unpaired) electrons. The molecule has 0 bridgehead atoms. The van der Waals surface area contributed by atoms with Gasteiger partial charge in [0.05, 0.1) is 5.56 Å². The first kappa shape index (κ1) is 12.5. The highest BCUT2D eigenvalue weighted by Crippen LogP contribution is 2.28. The first-order chi connectivity index (χ1) is 8.08. The Labute approximate surface area is 105 Å². The van der Waals surface area contributed by atoms with E-state index in [1.54, 1.807) is 6.07 Å². The average molecular weight is 256 g/mol. The Morgan fingerprint density at radius 1 is 1.41 bits per heavy atom. The summed E-state index contributed by atoms with van der Waals surface area (Å²) in [5.74, 6) is -0.828. The van der Waals surface area contributed by atoms with Gasteiger partial charge in [-0.05, 0) is 37.5 Å². The molecule has 2 nitrogen and oxygen atoms in total. The van der Waals surface area contributed by atoms with Crippen molar-refractivity contribution in [2.24, 2.45) is 11.7 Å². The van der Waals surface area contributed by atoms with Gasteiger partial charge in [0.1, 0.15) is 5.82 Å². The van der Waals surface area contributed by atoms with Gasteiger partial charge in [-0.25, -0.2) is 4.39 Å². The van der Waals surface area contributed by atoms with E-state index in [4.69, 9.17) is 17.3 Å². The second-order valence-corrected chi connectivity index (χ2v) is 5.05. The molecule has 1 saturated carbocycles. The minimum absolute atomic E-state index is 0.0630. The molecule has 2 rings (SSSR count). The van der Waals surface area contributed by atoms with Crippen LogP contribution in [0.15, 0.2) is 18.2 Å². The highest BCUT2D eigenvalue weighted by molar-refractivity contribution is 6.30. The van der Waals surface area contributed by atoms with Crippen molar-refractivity contribution in [1.29, 1.82) is 0 Å². The van der Waals surface area contributed by atoms with Gasteiger partial charge in [0.2, 0.25) is 0 Å². The lowest BCUT2D eigenvalue weighted by molar-refractivity contribution is 0.0877. The highest BCUT2D eigenvalue weighted by Gasteiger charge is 2.27. The molecule has 2 N–H and O–H groups in total. The highest BCUT2D eigenvalue weighted by atomic mass is 35.5. The quantitative estimate of drug-likeness (QED) is 0.825. The van der Waals surface area contributed by atoms with Crippen LogP contribution in [0.5, 0.6) is 0 Å². The predicted octanol–water partition coefficient (Wildman–Crippen LogP) is 3.18. The zero-order valence-electron chi connectivity index (χ0n) is 9.46. The van der Waals surface area contributed by atoms with E-state index >= 15 is 0 Å². The summed E-state index contributed by atoms with van der Waals surface area (Å²) in [7, 11) is 0. The van der Waals surface area contributed by atoms with Crippen molar-refractivity contribution >= 4 is 17.4 Å². The van der Waals surface area contributed by atoms with Gasteiger partial charge in [0, 0.05) is 17.0 Å². The lowest BCUT2D eigenvalue weighted by Gasteiger charge is -2.25. The zero-order valence-corrected chi connectivity index (χ0v) is 10.2. The summed E-state index contributed by atoms with van der Waals surface area (Å²) in [5.41, 5.74) is 5.97. The van der Waals surface area contributed by atoms with Crippen molar-refractivity contribution in [2.45, 2.75) is 31.7 Å². The molecule has 0 saturated heterocycles. The maximum atomic E-state index is 13.6. The van der Waals surface area contributed by atoms with E-state index in [0.717, 1.165) is 19.3 Å². The maximum Gasteiger partial charge on any atom is 0.168 e. The van der Waals surface area contributed by atoms with Crippen LogP contribution >= 0.6 is 11.6 Å². The molecule has 0 aromatic heterocycles. The van der Waals surface area contributed by atoms with Gasteiger partial charge in [-0.15, -0.1) is 0 Å². The number of Topliss-reactive ketones (excluding diaryl/α,β-unsaturated/α-hetero) is 1. The Hall–Kier alpha value is -0.930. The minimum Gasteiger partial charge on any atom is -0.328 e. The first-order valence-electron chi connectivity index (χ1n) is 5.83. The van der Waals surface area contributed by atoms with Crippen LogP contribution in [0.1, 0.15) is 36.0 Å². The Kier molecular flexibility index (Phi) is 3.79. The van der Waals surface area contributed by atoms with Crippen molar-refractivity contribution in [3.8, 4) is 0 Å². The number of ketones is 1. The summed E-state index contributed by atoms with van der Waals surface area (Å²) in [6.45, 7) is 0. The second kappa shape index (κ2) is 5.15. The van der Waals surface area contributed by atoms with Crippen LogP contribution < -0.4 is 5.73 Å². The number of hydrogen-bond acceptors (Lipinski definition) is 2. The number of rotatable bonds is 2. The number of halogens is 2. The first-order valence-corrected chi connectivity index (χ1v) is 6.20. The van der Waals surface area contributed by atoms with Crippen LogP contribution in [0.3, 0.4) is 0 Å². The summed E-state index contributed by atoms with van der Waals surface area (Å²) in [4.78, 5) is 12.1. The van der Waals surface area contributed by atoms with E-state index in [0.29, 0.717) is 11.4 Å². The Balaban J connectivity index is 2.18. The fraction of sp³-hybridized carbons (Fsp3) is 0.462. The van der Waals surface area contributed by atoms with Crippen LogP contribution in [0.25, 0.3) is 0 Å². The van der Waals surface area contributed by atoms with Gasteiger partial charge in [-0.2, -0.15) is 0 Å². The lowest BCUT2D eigenvalue weighted by Crippen LogP contribution is -2.31. The molecule has 4 heteroatoms. The molecule has 2 unspecified atom stereocenters. The average Bonchev–Trinajstić information content (AvgIpc) is 2.28. The van der Waals surface area contributed by atoms with E-state index in [1.807, 2.05) is 0 Å². The molecule has 1 aromatic carbocycles. The molecule has 1 aliphatic rings. The zero-order chi connectivity index (χ0) is 12.4. The van der Waals surface area contributed by atoms with Gasteiger partial charge in [0.25, 0.3) is 0 Å². The molecule has 1 aliphatic carbocycles. The SMILES string of the molecule is NC1CCCC(C(=O)c2ccc(Cl)cc2F)C1. The molecule has 0 amide bonds. The normalized spacial score (nSPS) is 24.6. The third-order valence-corrected chi connectivity index (χ3v) is 3.52.